The van der Waals surface area contributed by atoms with Crippen LogP contribution < -0.4 is 10.9 Å². The van der Waals surface area contributed by atoms with Crippen LogP contribution in [0.25, 0.3) is 0 Å². The molecule has 0 bridgehead atoms. The summed E-state index contributed by atoms with van der Waals surface area (Å²) in [6.45, 7) is 11.2. The molecule has 1 N–H and O–H groups in total. The minimum Gasteiger partial charge on any atom is -0.315 e. The van der Waals surface area contributed by atoms with Crippen molar-refractivity contribution in [3.63, 3.8) is 0 Å². The predicted molar refractivity (Wildman–Crippen MR) is 72.4 cm³/mol. The summed E-state index contributed by atoms with van der Waals surface area (Å²) in [5.41, 5.74) is 1.29. The minimum atomic E-state index is 0.116. The van der Waals surface area contributed by atoms with Crippen molar-refractivity contribution < 1.29 is 0 Å². The van der Waals surface area contributed by atoms with Gasteiger partial charge in [0.2, 0.25) is 0 Å². The number of hydrogen-bond acceptors (Lipinski definition) is 2. The molecule has 0 saturated carbocycles. The van der Waals surface area contributed by atoms with Gasteiger partial charge in [-0.1, -0.05) is 26.8 Å². The molecular formula is C14H24N2O. The summed E-state index contributed by atoms with van der Waals surface area (Å²) in [6.07, 6.45) is 3.00. The normalized spacial score (nSPS) is 11.8. The summed E-state index contributed by atoms with van der Waals surface area (Å²) in [5, 5.41) is 3.38. The van der Waals surface area contributed by atoms with Gasteiger partial charge in [-0.2, -0.15) is 0 Å². The van der Waals surface area contributed by atoms with Gasteiger partial charge in [-0.25, -0.2) is 0 Å². The fourth-order valence-electron chi connectivity index (χ4n) is 1.62. The average molecular weight is 236 g/mol. The molecule has 0 aliphatic rings. The summed E-state index contributed by atoms with van der Waals surface area (Å²) in [7, 11) is 0. The molecule has 1 rings (SSSR count). The van der Waals surface area contributed by atoms with Crippen molar-refractivity contribution in [2.75, 3.05) is 13.1 Å². The fourth-order valence-corrected chi connectivity index (χ4v) is 1.62. The van der Waals surface area contributed by atoms with E-state index in [0.717, 1.165) is 31.6 Å². The van der Waals surface area contributed by atoms with E-state index in [9.17, 15) is 4.79 Å². The third-order valence-corrected chi connectivity index (χ3v) is 2.79. The molecule has 3 heteroatoms. The van der Waals surface area contributed by atoms with E-state index in [1.54, 1.807) is 4.57 Å². The summed E-state index contributed by atoms with van der Waals surface area (Å²) < 4.78 is 1.76. The third-order valence-electron chi connectivity index (χ3n) is 2.79. The first-order chi connectivity index (χ1) is 7.90. The van der Waals surface area contributed by atoms with Crippen LogP contribution in [0.15, 0.2) is 23.1 Å². The van der Waals surface area contributed by atoms with Gasteiger partial charge in [0.25, 0.3) is 5.56 Å². The lowest BCUT2D eigenvalue weighted by molar-refractivity contribution is 0.365. The molecule has 1 aromatic rings. The van der Waals surface area contributed by atoms with Crippen molar-refractivity contribution in [1.29, 1.82) is 0 Å². The monoisotopic (exact) mass is 236 g/mol. The Morgan fingerprint density at radius 3 is 2.65 bits per heavy atom. The number of pyridine rings is 1. The molecular weight excluding hydrogens is 212 g/mol. The lowest BCUT2D eigenvalue weighted by Crippen LogP contribution is -2.29. The standard InChI is InChI=1S/C14H24N2O/c1-12-6-5-10-16(13(12)17)11-9-15-8-7-14(2,3)4/h5-6,10,15H,7-9,11H2,1-4H3. The van der Waals surface area contributed by atoms with Crippen LogP contribution in [0.5, 0.6) is 0 Å². The number of nitrogens with zero attached hydrogens (tertiary/aromatic N) is 1. The summed E-state index contributed by atoms with van der Waals surface area (Å²) in [5.74, 6) is 0. The number of aromatic nitrogens is 1. The Kier molecular flexibility index (Phi) is 4.94. The zero-order valence-corrected chi connectivity index (χ0v) is 11.4. The lowest BCUT2D eigenvalue weighted by atomic mass is 9.92. The Morgan fingerprint density at radius 2 is 2.00 bits per heavy atom. The Labute approximate surface area is 104 Å². The smallest absolute Gasteiger partial charge is 0.253 e. The second kappa shape index (κ2) is 6.01. The van der Waals surface area contributed by atoms with E-state index in [1.165, 1.54) is 0 Å². The molecule has 1 aromatic heterocycles. The molecule has 0 atom stereocenters. The zero-order valence-electron chi connectivity index (χ0n) is 11.4. The molecule has 0 amide bonds. The summed E-state index contributed by atoms with van der Waals surface area (Å²) in [4.78, 5) is 11.7. The van der Waals surface area contributed by atoms with Crippen LogP contribution in [0.3, 0.4) is 0 Å². The quantitative estimate of drug-likeness (QED) is 0.795. The molecule has 3 nitrogen and oxygen atoms in total. The van der Waals surface area contributed by atoms with Crippen LogP contribution in [0.4, 0.5) is 0 Å². The molecule has 17 heavy (non-hydrogen) atoms. The first-order valence-electron chi connectivity index (χ1n) is 6.27. The van der Waals surface area contributed by atoms with E-state index < -0.39 is 0 Å². The molecule has 0 radical (unpaired) electrons. The van der Waals surface area contributed by atoms with Crippen molar-refractivity contribution in [3.8, 4) is 0 Å². The van der Waals surface area contributed by atoms with Gasteiger partial charge in [-0.15, -0.1) is 0 Å². The minimum absolute atomic E-state index is 0.116. The number of nitrogens with one attached hydrogen (secondary N) is 1. The topological polar surface area (TPSA) is 34.0 Å². The molecule has 0 unspecified atom stereocenters. The maximum atomic E-state index is 11.7. The maximum absolute atomic E-state index is 11.7. The number of rotatable bonds is 5. The van der Waals surface area contributed by atoms with Gasteiger partial charge >= 0.3 is 0 Å². The highest BCUT2D eigenvalue weighted by Gasteiger charge is 2.08. The molecule has 0 fully saturated rings. The van der Waals surface area contributed by atoms with E-state index in [0.29, 0.717) is 5.41 Å². The Bertz CT molecular complexity index is 401. The lowest BCUT2D eigenvalue weighted by Gasteiger charge is -2.18. The van der Waals surface area contributed by atoms with E-state index in [4.69, 9.17) is 0 Å². The maximum Gasteiger partial charge on any atom is 0.253 e. The first kappa shape index (κ1) is 14.0. The zero-order chi connectivity index (χ0) is 12.9. The van der Waals surface area contributed by atoms with Gasteiger partial charge in [-0.05, 0) is 31.4 Å². The highest BCUT2D eigenvalue weighted by molar-refractivity contribution is 5.07. The second-order valence-electron chi connectivity index (χ2n) is 5.75. The molecule has 0 aromatic carbocycles. The number of aryl methyl sites for hydroxylation is 1. The van der Waals surface area contributed by atoms with E-state index in [1.807, 2.05) is 25.3 Å². The van der Waals surface area contributed by atoms with Gasteiger partial charge in [-0.3, -0.25) is 4.79 Å². The molecule has 0 aliphatic heterocycles. The van der Waals surface area contributed by atoms with E-state index in [-0.39, 0.29) is 5.56 Å². The highest BCUT2D eigenvalue weighted by atomic mass is 16.1. The fraction of sp³-hybridized carbons (Fsp3) is 0.643. The first-order valence-corrected chi connectivity index (χ1v) is 6.27. The predicted octanol–water partition coefficient (Wildman–Crippen LogP) is 2.18. The van der Waals surface area contributed by atoms with Gasteiger partial charge < -0.3 is 9.88 Å². The van der Waals surface area contributed by atoms with Crippen LogP contribution >= 0.6 is 0 Å². The van der Waals surface area contributed by atoms with Crippen molar-refractivity contribution in [2.45, 2.75) is 40.7 Å². The number of hydrogen-bond donors (Lipinski definition) is 1. The Hall–Kier alpha value is -1.09. The molecule has 0 saturated heterocycles. The van der Waals surface area contributed by atoms with Crippen molar-refractivity contribution >= 4 is 0 Å². The van der Waals surface area contributed by atoms with Crippen LogP contribution in [-0.4, -0.2) is 17.7 Å². The summed E-state index contributed by atoms with van der Waals surface area (Å²) in [6, 6.07) is 3.78. The van der Waals surface area contributed by atoms with Crippen LogP contribution in [0, 0.1) is 12.3 Å². The van der Waals surface area contributed by atoms with E-state index >= 15 is 0 Å². The highest BCUT2D eigenvalue weighted by Crippen LogP contribution is 2.16. The van der Waals surface area contributed by atoms with Crippen LogP contribution in [-0.2, 0) is 6.54 Å². The van der Waals surface area contributed by atoms with Gasteiger partial charge in [0.15, 0.2) is 0 Å². The van der Waals surface area contributed by atoms with E-state index in [2.05, 4.69) is 26.1 Å². The second-order valence-corrected chi connectivity index (χ2v) is 5.75. The van der Waals surface area contributed by atoms with Gasteiger partial charge in [0, 0.05) is 24.8 Å². The van der Waals surface area contributed by atoms with Gasteiger partial charge in [0.1, 0.15) is 0 Å². The van der Waals surface area contributed by atoms with Crippen LogP contribution in [0.1, 0.15) is 32.8 Å². The SMILES string of the molecule is Cc1cccn(CCNCCC(C)(C)C)c1=O. The molecule has 1 heterocycles. The van der Waals surface area contributed by atoms with Crippen molar-refractivity contribution in [2.24, 2.45) is 5.41 Å². The van der Waals surface area contributed by atoms with Crippen LogP contribution in [0.2, 0.25) is 0 Å². The molecule has 0 spiro atoms. The largest absolute Gasteiger partial charge is 0.315 e. The third kappa shape index (κ3) is 5.18. The molecule has 0 aliphatic carbocycles. The Morgan fingerprint density at radius 1 is 1.29 bits per heavy atom. The van der Waals surface area contributed by atoms with Gasteiger partial charge in [0.05, 0.1) is 0 Å². The Balaban J connectivity index is 2.32. The molecule has 96 valence electrons. The van der Waals surface area contributed by atoms with Crippen molar-refractivity contribution in [1.82, 2.24) is 9.88 Å². The average Bonchev–Trinajstić information content (AvgIpc) is 2.22. The van der Waals surface area contributed by atoms with Crippen molar-refractivity contribution in [3.05, 3.63) is 34.2 Å². The summed E-state index contributed by atoms with van der Waals surface area (Å²) >= 11 is 0.